The average molecular weight is 269 g/mol. The molecule has 4 nitrogen and oxygen atoms in total. The number of aliphatic carboxylic acids is 1. The third kappa shape index (κ3) is 2.07. The molecule has 102 valence electrons. The van der Waals surface area contributed by atoms with Crippen molar-refractivity contribution in [3.05, 3.63) is 29.8 Å². The van der Waals surface area contributed by atoms with Gasteiger partial charge >= 0.3 is 5.97 Å². The first-order valence-electron chi connectivity index (χ1n) is 5.85. The maximum Gasteiger partial charge on any atom is 0.319 e. The van der Waals surface area contributed by atoms with E-state index in [2.05, 4.69) is 0 Å². The van der Waals surface area contributed by atoms with Crippen LogP contribution in [0.5, 0.6) is 0 Å². The molecule has 0 unspecified atom stereocenters. The largest absolute Gasteiger partial charge is 0.480 e. The number of hydrogen-bond acceptors (Lipinski definition) is 2. The number of carboxylic acids is 1. The van der Waals surface area contributed by atoms with Gasteiger partial charge in [-0.1, -0.05) is 6.42 Å². The van der Waals surface area contributed by atoms with Crippen molar-refractivity contribution in [2.45, 2.75) is 19.3 Å². The van der Waals surface area contributed by atoms with E-state index in [0.717, 1.165) is 23.1 Å². The van der Waals surface area contributed by atoms with Gasteiger partial charge in [0.15, 0.2) is 0 Å². The minimum absolute atomic E-state index is 0.225. The fourth-order valence-electron chi connectivity index (χ4n) is 2.22. The molecule has 2 rings (SSSR count). The number of benzene rings is 1. The Morgan fingerprint density at radius 1 is 1.32 bits per heavy atom. The Balaban J connectivity index is 2.33. The lowest BCUT2D eigenvalue weighted by Gasteiger charge is -2.38. The van der Waals surface area contributed by atoms with E-state index in [1.807, 2.05) is 0 Å². The summed E-state index contributed by atoms with van der Waals surface area (Å²) in [4.78, 5) is 24.3. The quantitative estimate of drug-likeness (QED) is 0.856. The predicted octanol–water partition coefficient (Wildman–Crippen LogP) is 2.18. The Morgan fingerprint density at radius 2 is 1.95 bits per heavy atom. The normalized spacial score (nSPS) is 16.6. The zero-order valence-corrected chi connectivity index (χ0v) is 10.3. The highest BCUT2D eigenvalue weighted by Gasteiger charge is 2.52. The van der Waals surface area contributed by atoms with Crippen LogP contribution in [0.3, 0.4) is 0 Å². The van der Waals surface area contributed by atoms with Crippen LogP contribution in [-0.2, 0) is 9.59 Å². The summed E-state index contributed by atoms with van der Waals surface area (Å²) in [6, 6.07) is 2.72. The number of nitrogens with zero attached hydrogens (tertiary/aromatic N) is 1. The standard InChI is InChI=1S/C13H13F2NO3/c1-16(10-7-8(14)3-4-9(10)15)11(17)13(12(18)19)5-2-6-13/h3-4,7H,2,5-6H2,1H3,(H,18,19). The van der Waals surface area contributed by atoms with Crippen LogP contribution in [0.25, 0.3) is 0 Å². The predicted molar refractivity (Wildman–Crippen MR) is 63.7 cm³/mol. The molecule has 0 saturated heterocycles. The molecule has 0 aromatic heterocycles. The Morgan fingerprint density at radius 3 is 2.42 bits per heavy atom. The van der Waals surface area contributed by atoms with E-state index >= 15 is 0 Å². The third-order valence-corrected chi connectivity index (χ3v) is 3.60. The first-order chi connectivity index (χ1) is 8.88. The number of anilines is 1. The lowest BCUT2D eigenvalue weighted by Crippen LogP contribution is -2.51. The van der Waals surface area contributed by atoms with Gasteiger partial charge in [-0.25, -0.2) is 8.78 Å². The number of rotatable bonds is 3. The highest BCUT2D eigenvalue weighted by atomic mass is 19.1. The summed E-state index contributed by atoms with van der Waals surface area (Å²) in [5, 5.41) is 9.16. The minimum atomic E-state index is -1.49. The van der Waals surface area contributed by atoms with Gasteiger partial charge < -0.3 is 10.0 Å². The summed E-state index contributed by atoms with van der Waals surface area (Å²) in [5.74, 6) is -3.38. The van der Waals surface area contributed by atoms with Gasteiger partial charge in [0.2, 0.25) is 5.91 Å². The first-order valence-corrected chi connectivity index (χ1v) is 5.85. The van der Waals surface area contributed by atoms with E-state index in [0.29, 0.717) is 6.42 Å². The zero-order valence-electron chi connectivity index (χ0n) is 10.3. The van der Waals surface area contributed by atoms with Crippen molar-refractivity contribution >= 4 is 17.6 Å². The number of carbonyl (C=O) groups is 2. The van der Waals surface area contributed by atoms with Gasteiger partial charge in [0, 0.05) is 13.1 Å². The minimum Gasteiger partial charge on any atom is -0.480 e. The van der Waals surface area contributed by atoms with Crippen LogP contribution in [0.1, 0.15) is 19.3 Å². The molecule has 1 aliphatic carbocycles. The molecule has 1 saturated carbocycles. The van der Waals surface area contributed by atoms with Crippen LogP contribution in [-0.4, -0.2) is 24.0 Å². The van der Waals surface area contributed by atoms with Crippen molar-refractivity contribution in [2.24, 2.45) is 5.41 Å². The monoisotopic (exact) mass is 269 g/mol. The van der Waals surface area contributed by atoms with E-state index in [1.165, 1.54) is 7.05 Å². The fraction of sp³-hybridized carbons (Fsp3) is 0.385. The second-order valence-electron chi connectivity index (χ2n) is 4.70. The maximum absolute atomic E-state index is 13.6. The summed E-state index contributed by atoms with van der Waals surface area (Å²) in [7, 11) is 1.25. The molecular formula is C13H13F2NO3. The summed E-state index contributed by atoms with van der Waals surface area (Å²) >= 11 is 0. The van der Waals surface area contributed by atoms with Crippen molar-refractivity contribution in [3.63, 3.8) is 0 Å². The van der Waals surface area contributed by atoms with Crippen LogP contribution < -0.4 is 4.90 Å². The van der Waals surface area contributed by atoms with Gasteiger partial charge in [0.05, 0.1) is 5.69 Å². The highest BCUT2D eigenvalue weighted by molar-refractivity contribution is 6.10. The summed E-state index contributed by atoms with van der Waals surface area (Å²) in [5.41, 5.74) is -1.74. The van der Waals surface area contributed by atoms with Crippen LogP contribution in [0.2, 0.25) is 0 Å². The Bertz CT molecular complexity index is 541. The Labute approximate surface area is 108 Å². The molecule has 0 atom stereocenters. The molecule has 1 N–H and O–H groups in total. The lowest BCUT2D eigenvalue weighted by atomic mass is 9.68. The second-order valence-corrected chi connectivity index (χ2v) is 4.70. The van der Waals surface area contributed by atoms with Crippen LogP contribution >= 0.6 is 0 Å². The van der Waals surface area contributed by atoms with Gasteiger partial charge in [-0.05, 0) is 25.0 Å². The van der Waals surface area contributed by atoms with Crippen LogP contribution in [0, 0.1) is 17.0 Å². The summed E-state index contributed by atoms with van der Waals surface area (Å²) in [6.45, 7) is 0. The van der Waals surface area contributed by atoms with Crippen LogP contribution in [0.15, 0.2) is 18.2 Å². The molecule has 0 radical (unpaired) electrons. The van der Waals surface area contributed by atoms with E-state index in [-0.39, 0.29) is 18.5 Å². The van der Waals surface area contributed by atoms with Gasteiger partial charge in [0.1, 0.15) is 17.0 Å². The molecule has 1 aliphatic rings. The number of carboxylic acid groups (broad SMARTS) is 1. The number of amides is 1. The number of carbonyl (C=O) groups excluding carboxylic acids is 1. The molecule has 0 heterocycles. The van der Waals surface area contributed by atoms with E-state index < -0.39 is 28.9 Å². The van der Waals surface area contributed by atoms with E-state index in [1.54, 1.807) is 0 Å². The summed E-state index contributed by atoms with van der Waals surface area (Å²) in [6.07, 6.45) is 1.09. The van der Waals surface area contributed by atoms with Gasteiger partial charge in [-0.3, -0.25) is 9.59 Å². The van der Waals surface area contributed by atoms with E-state index in [9.17, 15) is 18.4 Å². The maximum atomic E-state index is 13.6. The Kier molecular flexibility index (Phi) is 3.26. The average Bonchev–Trinajstić information content (AvgIpc) is 2.29. The van der Waals surface area contributed by atoms with Crippen molar-refractivity contribution in [1.29, 1.82) is 0 Å². The molecule has 0 aliphatic heterocycles. The molecule has 1 amide bonds. The van der Waals surface area contributed by atoms with Gasteiger partial charge in [-0.15, -0.1) is 0 Å². The molecule has 1 aromatic rings. The lowest BCUT2D eigenvalue weighted by molar-refractivity contribution is -0.160. The highest BCUT2D eigenvalue weighted by Crippen LogP contribution is 2.43. The number of halogens is 2. The molecule has 0 spiro atoms. The smallest absolute Gasteiger partial charge is 0.319 e. The van der Waals surface area contributed by atoms with Crippen molar-refractivity contribution < 1.29 is 23.5 Å². The first kappa shape index (κ1) is 13.5. The van der Waals surface area contributed by atoms with E-state index in [4.69, 9.17) is 5.11 Å². The fourth-order valence-corrected chi connectivity index (χ4v) is 2.22. The molecule has 0 bridgehead atoms. The zero-order chi connectivity index (χ0) is 14.2. The SMILES string of the molecule is CN(C(=O)C1(C(=O)O)CCC1)c1cc(F)ccc1F. The molecule has 1 fully saturated rings. The molecule has 19 heavy (non-hydrogen) atoms. The third-order valence-electron chi connectivity index (χ3n) is 3.60. The molecule has 1 aromatic carbocycles. The van der Waals surface area contributed by atoms with Gasteiger partial charge in [0.25, 0.3) is 0 Å². The second kappa shape index (κ2) is 4.60. The van der Waals surface area contributed by atoms with Crippen molar-refractivity contribution in [1.82, 2.24) is 0 Å². The van der Waals surface area contributed by atoms with Crippen LogP contribution in [0.4, 0.5) is 14.5 Å². The molecular weight excluding hydrogens is 256 g/mol. The topological polar surface area (TPSA) is 57.6 Å². The van der Waals surface area contributed by atoms with Crippen molar-refractivity contribution in [2.75, 3.05) is 11.9 Å². The Hall–Kier alpha value is -1.98. The summed E-state index contributed by atoms with van der Waals surface area (Å²) < 4.78 is 26.7. The van der Waals surface area contributed by atoms with Crippen molar-refractivity contribution in [3.8, 4) is 0 Å². The molecule has 6 heteroatoms. The number of hydrogen-bond donors (Lipinski definition) is 1. The van der Waals surface area contributed by atoms with Gasteiger partial charge in [-0.2, -0.15) is 0 Å².